The number of nitrogens with zero attached hydrogens (tertiary/aromatic N) is 2. The summed E-state index contributed by atoms with van der Waals surface area (Å²) in [7, 11) is 0. The van der Waals surface area contributed by atoms with Crippen LogP contribution in [0.1, 0.15) is 26.2 Å². The van der Waals surface area contributed by atoms with Crippen molar-refractivity contribution in [1.29, 1.82) is 5.26 Å². The molecule has 1 amide bonds. The molecule has 0 unspecified atom stereocenters. The molecule has 2 rings (SSSR count). The summed E-state index contributed by atoms with van der Waals surface area (Å²) in [5, 5.41) is 11.7. The molecule has 0 aromatic carbocycles. The highest BCUT2D eigenvalue weighted by molar-refractivity contribution is 5.94. The summed E-state index contributed by atoms with van der Waals surface area (Å²) in [4.78, 5) is 14.1. The zero-order valence-electron chi connectivity index (χ0n) is 9.62. The molecule has 0 aromatic rings. The van der Waals surface area contributed by atoms with E-state index in [9.17, 15) is 4.79 Å². The van der Waals surface area contributed by atoms with E-state index in [-0.39, 0.29) is 5.91 Å². The number of rotatable bonds is 4. The molecule has 1 N–H and O–H groups in total. The summed E-state index contributed by atoms with van der Waals surface area (Å²) < 4.78 is 0. The average Bonchev–Trinajstić information content (AvgIpc) is 2.99. The highest BCUT2D eigenvalue weighted by Gasteiger charge is 2.33. The smallest absolute Gasteiger partial charge is 0.249 e. The number of amides is 1. The highest BCUT2D eigenvalue weighted by atomic mass is 16.2. The molecule has 0 spiro atoms. The first-order valence-corrected chi connectivity index (χ1v) is 5.81. The molecule has 0 bridgehead atoms. The van der Waals surface area contributed by atoms with Gasteiger partial charge in [-0.25, -0.2) is 0 Å². The molecule has 0 radical (unpaired) electrons. The minimum atomic E-state index is 0.134. The van der Waals surface area contributed by atoms with Gasteiger partial charge in [-0.15, -0.1) is 0 Å². The number of nitriles is 1. The molecule has 2 aliphatic rings. The second-order valence-electron chi connectivity index (χ2n) is 4.47. The summed E-state index contributed by atoms with van der Waals surface area (Å²) in [6.07, 6.45) is 2.62. The van der Waals surface area contributed by atoms with Gasteiger partial charge >= 0.3 is 0 Å². The largest absolute Gasteiger partial charge is 0.335 e. The first-order valence-electron chi connectivity index (χ1n) is 5.81. The standard InChI is InChI=1S/C12H17N3O/c1-9(10-7-14-8-10)12(16)15(6-2-5-13)11-3-4-11/h11,14H,2-4,6-8H2,1H3. The van der Waals surface area contributed by atoms with Crippen molar-refractivity contribution in [3.63, 3.8) is 0 Å². The van der Waals surface area contributed by atoms with Crippen molar-refractivity contribution >= 4 is 5.91 Å². The van der Waals surface area contributed by atoms with Crippen LogP contribution in [-0.2, 0) is 4.79 Å². The molecular weight excluding hydrogens is 202 g/mol. The molecule has 1 aliphatic heterocycles. The van der Waals surface area contributed by atoms with Crippen molar-refractivity contribution in [3.8, 4) is 6.07 Å². The topological polar surface area (TPSA) is 56.1 Å². The van der Waals surface area contributed by atoms with Gasteiger partial charge in [0.1, 0.15) is 0 Å². The lowest BCUT2D eigenvalue weighted by Gasteiger charge is -2.26. The molecule has 1 aliphatic carbocycles. The molecule has 4 heteroatoms. The molecule has 1 saturated carbocycles. The molecule has 1 saturated heterocycles. The summed E-state index contributed by atoms with van der Waals surface area (Å²) in [6.45, 7) is 4.17. The highest BCUT2D eigenvalue weighted by Crippen LogP contribution is 2.28. The van der Waals surface area contributed by atoms with Crippen molar-refractivity contribution in [1.82, 2.24) is 10.2 Å². The maximum atomic E-state index is 12.2. The lowest BCUT2D eigenvalue weighted by Crippen LogP contribution is -2.40. The molecule has 86 valence electrons. The predicted octanol–water partition coefficient (Wildman–Crippen LogP) is 0.811. The van der Waals surface area contributed by atoms with Gasteiger partial charge in [0.2, 0.25) is 5.91 Å². The average molecular weight is 219 g/mol. The van der Waals surface area contributed by atoms with E-state index in [1.165, 1.54) is 5.57 Å². The fraction of sp³-hybridized carbons (Fsp3) is 0.667. The third-order valence-corrected chi connectivity index (χ3v) is 3.24. The first kappa shape index (κ1) is 11.2. The van der Waals surface area contributed by atoms with Gasteiger partial charge in [-0.3, -0.25) is 4.79 Å². The van der Waals surface area contributed by atoms with E-state index in [0.29, 0.717) is 19.0 Å². The van der Waals surface area contributed by atoms with Crippen molar-refractivity contribution < 1.29 is 4.79 Å². The van der Waals surface area contributed by atoms with E-state index >= 15 is 0 Å². The van der Waals surface area contributed by atoms with E-state index in [2.05, 4.69) is 11.4 Å². The summed E-state index contributed by atoms with van der Waals surface area (Å²) in [5.41, 5.74) is 2.09. The van der Waals surface area contributed by atoms with Crippen molar-refractivity contribution in [2.45, 2.75) is 32.2 Å². The van der Waals surface area contributed by atoms with E-state index in [4.69, 9.17) is 5.26 Å². The van der Waals surface area contributed by atoms with Gasteiger partial charge in [0, 0.05) is 31.2 Å². The van der Waals surface area contributed by atoms with Gasteiger partial charge in [0.25, 0.3) is 0 Å². The second-order valence-corrected chi connectivity index (χ2v) is 4.47. The van der Waals surface area contributed by atoms with E-state index in [1.54, 1.807) is 0 Å². The third-order valence-electron chi connectivity index (χ3n) is 3.24. The van der Waals surface area contributed by atoms with Gasteiger partial charge in [0.05, 0.1) is 12.5 Å². The zero-order valence-corrected chi connectivity index (χ0v) is 9.62. The molecule has 1 heterocycles. The monoisotopic (exact) mass is 219 g/mol. The van der Waals surface area contributed by atoms with Crippen LogP contribution in [0.5, 0.6) is 0 Å². The lowest BCUT2D eigenvalue weighted by molar-refractivity contribution is -0.127. The van der Waals surface area contributed by atoms with Gasteiger partial charge in [-0.2, -0.15) is 5.26 Å². The van der Waals surface area contributed by atoms with Crippen LogP contribution in [0.3, 0.4) is 0 Å². The number of carbonyl (C=O) groups excluding carboxylic acids is 1. The summed E-state index contributed by atoms with van der Waals surface area (Å²) in [5.74, 6) is 0.134. The Hall–Kier alpha value is -1.34. The fourth-order valence-electron chi connectivity index (χ4n) is 1.89. The fourth-order valence-corrected chi connectivity index (χ4v) is 1.89. The van der Waals surface area contributed by atoms with Crippen molar-refractivity contribution in [2.75, 3.05) is 19.6 Å². The Balaban J connectivity index is 2.02. The van der Waals surface area contributed by atoms with Crippen molar-refractivity contribution in [3.05, 3.63) is 11.1 Å². The summed E-state index contributed by atoms with van der Waals surface area (Å²) >= 11 is 0. The zero-order chi connectivity index (χ0) is 11.5. The Morgan fingerprint density at radius 1 is 1.56 bits per heavy atom. The van der Waals surface area contributed by atoms with Crippen LogP contribution < -0.4 is 5.32 Å². The molecule has 0 aromatic heterocycles. The number of hydrogen-bond acceptors (Lipinski definition) is 3. The van der Waals surface area contributed by atoms with E-state index in [1.807, 2.05) is 11.8 Å². The minimum absolute atomic E-state index is 0.134. The van der Waals surface area contributed by atoms with Crippen molar-refractivity contribution in [2.24, 2.45) is 0 Å². The minimum Gasteiger partial charge on any atom is -0.335 e. The second kappa shape index (κ2) is 4.67. The molecular formula is C12H17N3O. The Bertz CT molecular complexity index is 357. The van der Waals surface area contributed by atoms with Gasteiger partial charge < -0.3 is 10.2 Å². The van der Waals surface area contributed by atoms with Gasteiger partial charge in [-0.05, 0) is 25.3 Å². The Labute approximate surface area is 95.9 Å². The number of carbonyl (C=O) groups is 1. The molecule has 0 atom stereocenters. The molecule has 2 fully saturated rings. The number of nitrogens with one attached hydrogen (secondary N) is 1. The van der Waals surface area contributed by atoms with Crippen LogP contribution in [0.4, 0.5) is 0 Å². The Morgan fingerprint density at radius 3 is 2.69 bits per heavy atom. The van der Waals surface area contributed by atoms with Crippen LogP contribution in [0.25, 0.3) is 0 Å². The Kier molecular flexibility index (Phi) is 3.25. The number of hydrogen-bond donors (Lipinski definition) is 1. The quantitative estimate of drug-likeness (QED) is 0.712. The third kappa shape index (κ3) is 2.25. The van der Waals surface area contributed by atoms with E-state index < -0.39 is 0 Å². The molecule has 16 heavy (non-hydrogen) atoms. The lowest BCUT2D eigenvalue weighted by atomic mass is 10.0. The van der Waals surface area contributed by atoms with Crippen LogP contribution in [0.2, 0.25) is 0 Å². The molecule has 4 nitrogen and oxygen atoms in total. The SMILES string of the molecule is CC(C(=O)N(CCC#N)C1CC1)=C1CNC1. The van der Waals surface area contributed by atoms with Crippen LogP contribution in [-0.4, -0.2) is 36.5 Å². The Morgan fingerprint density at radius 2 is 2.25 bits per heavy atom. The first-order chi connectivity index (χ1) is 7.74. The van der Waals surface area contributed by atoms with Gasteiger partial charge in [-0.1, -0.05) is 0 Å². The van der Waals surface area contributed by atoms with Crippen LogP contribution >= 0.6 is 0 Å². The maximum absolute atomic E-state index is 12.2. The van der Waals surface area contributed by atoms with Gasteiger partial charge in [0.15, 0.2) is 0 Å². The van der Waals surface area contributed by atoms with Crippen LogP contribution in [0, 0.1) is 11.3 Å². The van der Waals surface area contributed by atoms with E-state index in [0.717, 1.165) is 31.5 Å². The normalized spacial score (nSPS) is 18.6. The van der Waals surface area contributed by atoms with Crippen LogP contribution in [0.15, 0.2) is 11.1 Å². The summed E-state index contributed by atoms with van der Waals surface area (Å²) in [6, 6.07) is 2.50. The predicted molar refractivity (Wildman–Crippen MR) is 60.5 cm³/mol. The maximum Gasteiger partial charge on any atom is 0.249 e.